The van der Waals surface area contributed by atoms with Gasteiger partial charge >= 0.3 is 0 Å². The third kappa shape index (κ3) is 2.34. The van der Waals surface area contributed by atoms with E-state index in [-0.39, 0.29) is 0 Å². The van der Waals surface area contributed by atoms with Crippen LogP contribution in [0.15, 0.2) is 29.3 Å². The standard InChI is InChI=1S/C12H18N2/c1-5-11-6-8-12(9-7-11)14(4)10(2)13-3/h6-9H,5H2,1-4H3. The Labute approximate surface area is 86.3 Å². The summed E-state index contributed by atoms with van der Waals surface area (Å²) in [6.45, 7) is 4.17. The Kier molecular flexibility index (Phi) is 3.69. The maximum absolute atomic E-state index is 4.15. The van der Waals surface area contributed by atoms with E-state index >= 15 is 0 Å². The van der Waals surface area contributed by atoms with Crippen molar-refractivity contribution in [3.63, 3.8) is 0 Å². The zero-order valence-corrected chi connectivity index (χ0v) is 9.41. The Hall–Kier alpha value is -1.31. The first kappa shape index (κ1) is 10.8. The second-order valence-electron chi connectivity index (χ2n) is 3.35. The van der Waals surface area contributed by atoms with Crippen LogP contribution in [0.4, 0.5) is 5.69 Å². The molecule has 0 aliphatic heterocycles. The zero-order valence-electron chi connectivity index (χ0n) is 9.41. The topological polar surface area (TPSA) is 15.6 Å². The minimum Gasteiger partial charge on any atom is -0.334 e. The predicted octanol–water partition coefficient (Wildman–Crippen LogP) is 2.73. The van der Waals surface area contributed by atoms with E-state index in [0.29, 0.717) is 0 Å². The lowest BCUT2D eigenvalue weighted by atomic mass is 10.1. The van der Waals surface area contributed by atoms with Gasteiger partial charge in [-0.2, -0.15) is 0 Å². The van der Waals surface area contributed by atoms with E-state index in [1.165, 1.54) is 11.3 Å². The van der Waals surface area contributed by atoms with Crippen LogP contribution in [-0.2, 0) is 6.42 Å². The van der Waals surface area contributed by atoms with Gasteiger partial charge in [0.15, 0.2) is 0 Å². The Bertz CT molecular complexity index is 312. The lowest BCUT2D eigenvalue weighted by Gasteiger charge is -2.18. The van der Waals surface area contributed by atoms with E-state index in [9.17, 15) is 0 Å². The van der Waals surface area contributed by atoms with Gasteiger partial charge in [0, 0.05) is 19.8 Å². The van der Waals surface area contributed by atoms with Crippen molar-refractivity contribution >= 4 is 11.5 Å². The predicted molar refractivity (Wildman–Crippen MR) is 63.3 cm³/mol. The molecule has 1 aromatic carbocycles. The largest absolute Gasteiger partial charge is 0.334 e. The van der Waals surface area contributed by atoms with Crippen LogP contribution in [0.5, 0.6) is 0 Å². The number of anilines is 1. The number of amidine groups is 1. The molecule has 0 aliphatic carbocycles. The Morgan fingerprint density at radius 3 is 2.29 bits per heavy atom. The minimum absolute atomic E-state index is 1.02. The molecule has 0 unspecified atom stereocenters. The van der Waals surface area contributed by atoms with Crippen LogP contribution in [0, 0.1) is 0 Å². The molecule has 1 rings (SSSR count). The summed E-state index contributed by atoms with van der Waals surface area (Å²) in [5.74, 6) is 1.02. The fraction of sp³-hybridized carbons (Fsp3) is 0.417. The van der Waals surface area contributed by atoms with E-state index in [0.717, 1.165) is 12.3 Å². The number of hydrogen-bond donors (Lipinski definition) is 0. The van der Waals surface area contributed by atoms with Crippen molar-refractivity contribution in [2.24, 2.45) is 4.99 Å². The highest BCUT2D eigenvalue weighted by Crippen LogP contribution is 2.14. The van der Waals surface area contributed by atoms with Crippen molar-refractivity contribution in [2.75, 3.05) is 19.0 Å². The molecule has 0 spiro atoms. The SMILES string of the molecule is CCc1ccc(N(C)C(C)=NC)cc1. The third-order valence-corrected chi connectivity index (χ3v) is 2.54. The van der Waals surface area contributed by atoms with Crippen LogP contribution >= 0.6 is 0 Å². The van der Waals surface area contributed by atoms with Crippen LogP contribution < -0.4 is 4.90 Å². The van der Waals surface area contributed by atoms with E-state index in [1.807, 2.05) is 21.0 Å². The van der Waals surface area contributed by atoms with Crippen molar-refractivity contribution in [1.82, 2.24) is 0 Å². The second-order valence-corrected chi connectivity index (χ2v) is 3.35. The molecule has 0 atom stereocenters. The summed E-state index contributed by atoms with van der Waals surface area (Å²) in [4.78, 5) is 6.23. The molecule has 1 aromatic rings. The van der Waals surface area contributed by atoms with E-state index in [4.69, 9.17) is 0 Å². The van der Waals surface area contributed by atoms with Gasteiger partial charge in [-0.3, -0.25) is 4.99 Å². The summed E-state index contributed by atoms with van der Waals surface area (Å²) in [7, 11) is 3.84. The molecule has 0 aromatic heterocycles. The number of hydrogen-bond acceptors (Lipinski definition) is 1. The molecule has 0 heterocycles. The van der Waals surface area contributed by atoms with Crippen molar-refractivity contribution in [2.45, 2.75) is 20.3 Å². The van der Waals surface area contributed by atoms with Crippen LogP contribution in [0.2, 0.25) is 0 Å². The number of rotatable bonds is 2. The molecule has 0 N–H and O–H groups in total. The third-order valence-electron chi connectivity index (χ3n) is 2.54. The maximum atomic E-state index is 4.15. The van der Waals surface area contributed by atoms with Crippen LogP contribution in [-0.4, -0.2) is 19.9 Å². The summed E-state index contributed by atoms with van der Waals surface area (Å²) >= 11 is 0. The van der Waals surface area contributed by atoms with Gasteiger partial charge in [0.1, 0.15) is 0 Å². The van der Waals surface area contributed by atoms with Crippen molar-refractivity contribution < 1.29 is 0 Å². The molecule has 0 bridgehead atoms. The van der Waals surface area contributed by atoms with E-state index in [1.54, 1.807) is 0 Å². The molecule has 0 fully saturated rings. The highest BCUT2D eigenvalue weighted by atomic mass is 15.2. The van der Waals surface area contributed by atoms with E-state index in [2.05, 4.69) is 41.1 Å². The molecule has 0 aliphatic rings. The molecule has 14 heavy (non-hydrogen) atoms. The number of nitrogens with zero attached hydrogens (tertiary/aromatic N) is 2. The molecule has 0 saturated carbocycles. The Balaban J connectivity index is 2.86. The van der Waals surface area contributed by atoms with Gasteiger partial charge in [-0.1, -0.05) is 19.1 Å². The lowest BCUT2D eigenvalue weighted by Crippen LogP contribution is -2.23. The first-order valence-corrected chi connectivity index (χ1v) is 4.95. The summed E-state index contributed by atoms with van der Waals surface area (Å²) in [5, 5.41) is 0. The molecule has 0 amide bonds. The first-order valence-electron chi connectivity index (χ1n) is 4.95. The molecular weight excluding hydrogens is 172 g/mol. The average Bonchev–Trinajstić information content (AvgIpc) is 2.27. The van der Waals surface area contributed by atoms with Gasteiger partial charge in [0.2, 0.25) is 0 Å². The molecule has 2 heteroatoms. The monoisotopic (exact) mass is 190 g/mol. The highest BCUT2D eigenvalue weighted by Gasteiger charge is 2.02. The molecule has 0 radical (unpaired) electrons. The van der Waals surface area contributed by atoms with Gasteiger partial charge in [0.05, 0.1) is 5.84 Å². The molecule has 2 nitrogen and oxygen atoms in total. The molecule has 76 valence electrons. The lowest BCUT2D eigenvalue weighted by molar-refractivity contribution is 1.13. The summed E-state index contributed by atoms with van der Waals surface area (Å²) < 4.78 is 0. The quantitative estimate of drug-likeness (QED) is 0.517. The Morgan fingerprint density at radius 1 is 1.29 bits per heavy atom. The number of aliphatic imine (C=N–C) groups is 1. The average molecular weight is 190 g/mol. The van der Waals surface area contributed by atoms with Gasteiger partial charge in [-0.15, -0.1) is 0 Å². The number of aryl methyl sites for hydroxylation is 1. The fourth-order valence-electron chi connectivity index (χ4n) is 1.29. The summed E-state index contributed by atoms with van der Waals surface area (Å²) in [6.07, 6.45) is 1.09. The van der Waals surface area contributed by atoms with Gasteiger partial charge < -0.3 is 4.90 Å². The van der Waals surface area contributed by atoms with Gasteiger partial charge in [-0.25, -0.2) is 0 Å². The Morgan fingerprint density at radius 2 is 1.86 bits per heavy atom. The minimum atomic E-state index is 1.02. The van der Waals surface area contributed by atoms with Crippen molar-refractivity contribution in [1.29, 1.82) is 0 Å². The van der Waals surface area contributed by atoms with Crippen molar-refractivity contribution in [3.05, 3.63) is 29.8 Å². The van der Waals surface area contributed by atoms with Crippen LogP contribution in [0.25, 0.3) is 0 Å². The zero-order chi connectivity index (χ0) is 10.6. The summed E-state index contributed by atoms with van der Waals surface area (Å²) in [6, 6.07) is 8.59. The normalized spacial score (nSPS) is 11.6. The molecular formula is C12H18N2. The summed E-state index contributed by atoms with van der Waals surface area (Å²) in [5.41, 5.74) is 2.55. The van der Waals surface area contributed by atoms with Crippen molar-refractivity contribution in [3.8, 4) is 0 Å². The fourth-order valence-corrected chi connectivity index (χ4v) is 1.29. The maximum Gasteiger partial charge on any atom is 0.0995 e. The molecule has 0 saturated heterocycles. The first-order chi connectivity index (χ1) is 6.69. The van der Waals surface area contributed by atoms with E-state index < -0.39 is 0 Å². The smallest absolute Gasteiger partial charge is 0.0995 e. The number of benzene rings is 1. The highest BCUT2D eigenvalue weighted by molar-refractivity contribution is 5.95. The van der Waals surface area contributed by atoms with Crippen LogP contribution in [0.1, 0.15) is 19.4 Å². The van der Waals surface area contributed by atoms with Gasteiger partial charge in [0.25, 0.3) is 0 Å². The van der Waals surface area contributed by atoms with Crippen LogP contribution in [0.3, 0.4) is 0 Å². The second kappa shape index (κ2) is 4.80. The van der Waals surface area contributed by atoms with Gasteiger partial charge in [-0.05, 0) is 31.0 Å².